The van der Waals surface area contributed by atoms with Crippen molar-refractivity contribution in [2.75, 3.05) is 23.7 Å². The Morgan fingerprint density at radius 1 is 1.30 bits per heavy atom. The fraction of sp³-hybridized carbons (Fsp3) is 0.529. The summed E-state index contributed by atoms with van der Waals surface area (Å²) in [5, 5.41) is 6.28. The van der Waals surface area contributed by atoms with Gasteiger partial charge in [0.1, 0.15) is 6.04 Å². The first-order valence-corrected chi connectivity index (χ1v) is 8.37. The molecule has 2 rings (SSSR count). The number of hydrogen-bond donors (Lipinski definition) is 2. The summed E-state index contributed by atoms with van der Waals surface area (Å²) in [5.74, 6) is 0.636. The number of piperidine rings is 1. The molecule has 0 saturated carbocycles. The average molecular weight is 338 g/mol. The Kier molecular flexibility index (Phi) is 5.88. The van der Waals surface area contributed by atoms with E-state index in [0.717, 1.165) is 31.6 Å². The second-order valence-electron chi connectivity index (χ2n) is 6.25. The molecular formula is C17H24ClN3O2. The highest BCUT2D eigenvalue weighted by atomic mass is 35.5. The molecule has 2 amide bonds. The van der Waals surface area contributed by atoms with Crippen LogP contribution in [-0.2, 0) is 9.59 Å². The van der Waals surface area contributed by atoms with Crippen molar-refractivity contribution in [3.63, 3.8) is 0 Å². The Hall–Kier alpha value is -1.75. The Morgan fingerprint density at radius 2 is 1.96 bits per heavy atom. The van der Waals surface area contributed by atoms with E-state index in [1.165, 1.54) is 6.92 Å². The molecule has 0 bridgehead atoms. The molecule has 1 aromatic carbocycles. The summed E-state index contributed by atoms with van der Waals surface area (Å²) < 4.78 is 0. The number of nitrogens with zero attached hydrogens (tertiary/aromatic N) is 1. The highest BCUT2D eigenvalue weighted by Crippen LogP contribution is 2.26. The van der Waals surface area contributed by atoms with Crippen molar-refractivity contribution < 1.29 is 9.59 Å². The normalized spacial score (nSPS) is 16.8. The van der Waals surface area contributed by atoms with Gasteiger partial charge < -0.3 is 15.5 Å². The minimum absolute atomic E-state index is 0.110. The summed E-state index contributed by atoms with van der Waals surface area (Å²) in [6, 6.07) is 4.94. The smallest absolute Gasteiger partial charge is 0.244 e. The van der Waals surface area contributed by atoms with Crippen molar-refractivity contribution in [3.8, 4) is 0 Å². The van der Waals surface area contributed by atoms with Crippen molar-refractivity contribution in [1.29, 1.82) is 0 Å². The quantitative estimate of drug-likeness (QED) is 0.885. The molecule has 5 nitrogen and oxygen atoms in total. The van der Waals surface area contributed by atoms with Crippen molar-refractivity contribution >= 4 is 34.8 Å². The summed E-state index contributed by atoms with van der Waals surface area (Å²) in [6.45, 7) is 7.17. The van der Waals surface area contributed by atoms with Gasteiger partial charge in [-0.3, -0.25) is 9.59 Å². The van der Waals surface area contributed by atoms with Crippen LogP contribution >= 0.6 is 11.6 Å². The number of carbonyl (C=O) groups excluding carboxylic acids is 2. The minimum Gasteiger partial charge on any atom is -0.374 e. The number of rotatable bonds is 4. The molecule has 1 aromatic rings. The van der Waals surface area contributed by atoms with E-state index in [1.807, 2.05) is 11.8 Å². The van der Waals surface area contributed by atoms with Gasteiger partial charge in [-0.05, 0) is 43.9 Å². The molecule has 1 aliphatic rings. The largest absolute Gasteiger partial charge is 0.374 e. The van der Waals surface area contributed by atoms with Crippen LogP contribution in [0.3, 0.4) is 0 Å². The van der Waals surface area contributed by atoms with Gasteiger partial charge in [0.05, 0.1) is 10.7 Å². The van der Waals surface area contributed by atoms with E-state index >= 15 is 0 Å². The summed E-state index contributed by atoms with van der Waals surface area (Å²) in [5.41, 5.74) is 1.32. The fourth-order valence-corrected chi connectivity index (χ4v) is 2.94. The molecule has 0 spiro atoms. The van der Waals surface area contributed by atoms with E-state index < -0.39 is 0 Å². The Labute approximate surface area is 142 Å². The molecule has 2 N–H and O–H groups in total. The van der Waals surface area contributed by atoms with E-state index in [0.29, 0.717) is 16.6 Å². The van der Waals surface area contributed by atoms with Crippen molar-refractivity contribution in [2.24, 2.45) is 5.92 Å². The molecule has 1 heterocycles. The zero-order valence-corrected chi connectivity index (χ0v) is 14.6. The highest BCUT2D eigenvalue weighted by molar-refractivity contribution is 6.34. The topological polar surface area (TPSA) is 61.4 Å². The minimum atomic E-state index is -0.314. The number of carbonyl (C=O) groups is 2. The van der Waals surface area contributed by atoms with Gasteiger partial charge in [-0.2, -0.15) is 0 Å². The predicted molar refractivity (Wildman–Crippen MR) is 93.8 cm³/mol. The standard InChI is InChI=1S/C17H24ClN3O2/c1-11-6-8-21(9-7-11)17(23)12(2)19-14-4-5-16(15(18)10-14)20-13(3)22/h4-5,10-12,19H,6-9H2,1-3H3,(H,20,22). The zero-order valence-electron chi connectivity index (χ0n) is 13.9. The van der Waals surface area contributed by atoms with Crippen molar-refractivity contribution in [1.82, 2.24) is 4.90 Å². The average Bonchev–Trinajstić information content (AvgIpc) is 2.49. The third kappa shape index (κ3) is 4.86. The van der Waals surface area contributed by atoms with E-state index in [2.05, 4.69) is 17.6 Å². The van der Waals surface area contributed by atoms with Crippen LogP contribution in [0.4, 0.5) is 11.4 Å². The Morgan fingerprint density at radius 3 is 2.52 bits per heavy atom. The SMILES string of the molecule is CC(=O)Nc1ccc(NC(C)C(=O)N2CCC(C)CC2)cc1Cl. The van der Waals surface area contributed by atoms with Crippen LogP contribution in [0.5, 0.6) is 0 Å². The number of amides is 2. The molecule has 0 aromatic heterocycles. The number of hydrogen-bond acceptors (Lipinski definition) is 3. The maximum atomic E-state index is 12.5. The maximum absolute atomic E-state index is 12.5. The molecule has 1 saturated heterocycles. The Balaban J connectivity index is 1.96. The molecule has 1 unspecified atom stereocenters. The maximum Gasteiger partial charge on any atom is 0.244 e. The van der Waals surface area contributed by atoms with Gasteiger partial charge in [0.25, 0.3) is 0 Å². The van der Waals surface area contributed by atoms with Crippen molar-refractivity contribution in [3.05, 3.63) is 23.2 Å². The lowest BCUT2D eigenvalue weighted by atomic mass is 9.99. The molecule has 23 heavy (non-hydrogen) atoms. The molecule has 1 aliphatic heterocycles. The van der Waals surface area contributed by atoms with E-state index in [1.54, 1.807) is 18.2 Å². The van der Waals surface area contributed by atoms with Gasteiger partial charge in [0.2, 0.25) is 11.8 Å². The number of halogens is 1. The molecule has 0 aliphatic carbocycles. The summed E-state index contributed by atoms with van der Waals surface area (Å²) in [6.07, 6.45) is 2.13. The van der Waals surface area contributed by atoms with Gasteiger partial charge in [-0.25, -0.2) is 0 Å². The second kappa shape index (κ2) is 7.68. The molecule has 6 heteroatoms. The van der Waals surface area contributed by atoms with Gasteiger partial charge in [-0.15, -0.1) is 0 Å². The zero-order chi connectivity index (χ0) is 17.0. The lowest BCUT2D eigenvalue weighted by Crippen LogP contribution is -2.45. The first kappa shape index (κ1) is 17.6. The molecule has 0 radical (unpaired) electrons. The number of likely N-dealkylation sites (tertiary alicyclic amines) is 1. The van der Waals surface area contributed by atoms with Crippen LogP contribution in [0.15, 0.2) is 18.2 Å². The molecule has 1 atom stereocenters. The summed E-state index contributed by atoms with van der Waals surface area (Å²) >= 11 is 6.15. The molecule has 126 valence electrons. The molecule has 1 fully saturated rings. The number of benzene rings is 1. The predicted octanol–water partition coefficient (Wildman–Crippen LogP) is 3.36. The van der Waals surface area contributed by atoms with Gasteiger partial charge in [-0.1, -0.05) is 18.5 Å². The van der Waals surface area contributed by atoms with Gasteiger partial charge in [0.15, 0.2) is 0 Å². The van der Waals surface area contributed by atoms with Crippen LogP contribution < -0.4 is 10.6 Å². The highest BCUT2D eigenvalue weighted by Gasteiger charge is 2.24. The Bertz CT molecular complexity index is 583. The van der Waals surface area contributed by atoms with Crippen LogP contribution in [0, 0.1) is 5.92 Å². The van der Waals surface area contributed by atoms with E-state index in [-0.39, 0.29) is 17.9 Å². The summed E-state index contributed by atoms with van der Waals surface area (Å²) in [4.78, 5) is 25.5. The number of anilines is 2. The van der Waals surface area contributed by atoms with Crippen LogP contribution in [0.1, 0.15) is 33.6 Å². The third-order valence-corrected chi connectivity index (χ3v) is 4.44. The van der Waals surface area contributed by atoms with Crippen molar-refractivity contribution in [2.45, 2.75) is 39.7 Å². The lowest BCUT2D eigenvalue weighted by Gasteiger charge is -2.32. The van der Waals surface area contributed by atoms with E-state index in [4.69, 9.17) is 11.6 Å². The van der Waals surface area contributed by atoms with Gasteiger partial charge >= 0.3 is 0 Å². The second-order valence-corrected chi connectivity index (χ2v) is 6.66. The van der Waals surface area contributed by atoms with Crippen LogP contribution in [0.25, 0.3) is 0 Å². The fourth-order valence-electron chi connectivity index (χ4n) is 2.71. The van der Waals surface area contributed by atoms with E-state index in [9.17, 15) is 9.59 Å². The molecular weight excluding hydrogens is 314 g/mol. The summed E-state index contributed by atoms with van der Waals surface area (Å²) in [7, 11) is 0. The van der Waals surface area contributed by atoms with Gasteiger partial charge in [0, 0.05) is 25.7 Å². The van der Waals surface area contributed by atoms with Crippen LogP contribution in [-0.4, -0.2) is 35.8 Å². The number of nitrogens with one attached hydrogen (secondary N) is 2. The first-order valence-electron chi connectivity index (χ1n) is 7.99. The van der Waals surface area contributed by atoms with Crippen LogP contribution in [0.2, 0.25) is 5.02 Å². The monoisotopic (exact) mass is 337 g/mol. The first-order chi connectivity index (χ1) is 10.9. The lowest BCUT2D eigenvalue weighted by molar-refractivity contribution is -0.133. The third-order valence-electron chi connectivity index (χ3n) is 4.13.